The number of alkyl halides is 2. The molecular weight excluding hydrogens is 236 g/mol. The van der Waals surface area contributed by atoms with Crippen molar-refractivity contribution in [3.8, 4) is 0 Å². The van der Waals surface area contributed by atoms with Gasteiger partial charge < -0.3 is 5.32 Å². The van der Waals surface area contributed by atoms with Gasteiger partial charge in [0.2, 0.25) is 0 Å². The Hall–Kier alpha value is -0.970. The van der Waals surface area contributed by atoms with Crippen LogP contribution >= 0.6 is 0 Å². The number of hydrogen-bond donors (Lipinski definition) is 1. The molecule has 1 unspecified atom stereocenters. The van der Waals surface area contributed by atoms with Gasteiger partial charge in [-0.25, -0.2) is 8.78 Å². The van der Waals surface area contributed by atoms with Crippen LogP contribution in [0, 0.1) is 0 Å². The van der Waals surface area contributed by atoms with E-state index in [2.05, 4.69) is 24.3 Å². The highest BCUT2D eigenvalue weighted by atomic mass is 19.3. The Bertz CT molecular complexity index is 335. The number of nitrogens with one attached hydrogen (secondary N) is 1. The fraction of sp³-hybridized carbons (Fsp3) is 0.769. The summed E-state index contributed by atoms with van der Waals surface area (Å²) in [6, 6.07) is 1.40. The van der Waals surface area contributed by atoms with E-state index in [9.17, 15) is 8.78 Å². The van der Waals surface area contributed by atoms with Crippen LogP contribution in [0.3, 0.4) is 0 Å². The minimum atomic E-state index is -2.36. The van der Waals surface area contributed by atoms with Crippen molar-refractivity contribution in [2.75, 3.05) is 6.54 Å². The van der Waals surface area contributed by atoms with Crippen molar-refractivity contribution in [2.45, 2.75) is 58.5 Å². The lowest BCUT2D eigenvalue weighted by atomic mass is 10.1. The Morgan fingerprint density at radius 1 is 1.28 bits per heavy atom. The molecule has 0 aliphatic rings. The second kappa shape index (κ2) is 7.46. The standard InChI is InChI=1S/C13H23F2N3/c1-4-11(5-2)18-8-7-10(17-18)9-12(13(14)15)16-6-3/h7-8,11-13,16H,4-6,9H2,1-3H3. The first kappa shape index (κ1) is 15.1. The van der Waals surface area contributed by atoms with E-state index in [1.54, 1.807) is 0 Å². The van der Waals surface area contributed by atoms with Crippen molar-refractivity contribution in [1.29, 1.82) is 0 Å². The van der Waals surface area contributed by atoms with Crippen molar-refractivity contribution < 1.29 is 8.78 Å². The first-order chi connectivity index (χ1) is 8.62. The maximum atomic E-state index is 12.8. The Kier molecular flexibility index (Phi) is 6.25. The predicted octanol–water partition coefficient (Wildman–Crippen LogP) is 3.03. The average molecular weight is 259 g/mol. The first-order valence-electron chi connectivity index (χ1n) is 6.67. The van der Waals surface area contributed by atoms with E-state index in [-0.39, 0.29) is 6.42 Å². The van der Waals surface area contributed by atoms with E-state index in [1.807, 2.05) is 23.9 Å². The summed E-state index contributed by atoms with van der Waals surface area (Å²) >= 11 is 0. The van der Waals surface area contributed by atoms with Crippen LogP contribution in [-0.4, -0.2) is 28.8 Å². The Labute approximate surface area is 108 Å². The van der Waals surface area contributed by atoms with Crippen LogP contribution in [0.2, 0.25) is 0 Å². The quantitative estimate of drug-likeness (QED) is 0.777. The number of rotatable bonds is 8. The normalized spacial score (nSPS) is 13.5. The average Bonchev–Trinajstić information content (AvgIpc) is 2.78. The van der Waals surface area contributed by atoms with Crippen LogP contribution < -0.4 is 5.32 Å². The fourth-order valence-electron chi connectivity index (χ4n) is 2.09. The largest absolute Gasteiger partial charge is 0.309 e. The molecule has 0 saturated heterocycles. The number of hydrogen-bond acceptors (Lipinski definition) is 2. The van der Waals surface area contributed by atoms with Gasteiger partial charge in [0.25, 0.3) is 6.43 Å². The zero-order chi connectivity index (χ0) is 13.5. The van der Waals surface area contributed by atoms with Gasteiger partial charge in [-0.05, 0) is 25.5 Å². The summed E-state index contributed by atoms with van der Waals surface area (Å²) in [5, 5.41) is 7.20. The third kappa shape index (κ3) is 4.05. The van der Waals surface area contributed by atoms with Gasteiger partial charge >= 0.3 is 0 Å². The summed E-state index contributed by atoms with van der Waals surface area (Å²) in [6.45, 7) is 6.59. The van der Waals surface area contributed by atoms with E-state index in [0.29, 0.717) is 12.6 Å². The molecule has 0 aliphatic carbocycles. The van der Waals surface area contributed by atoms with Gasteiger partial charge in [0, 0.05) is 12.6 Å². The van der Waals surface area contributed by atoms with Crippen LogP contribution in [0.5, 0.6) is 0 Å². The summed E-state index contributed by atoms with van der Waals surface area (Å²) in [5.74, 6) is 0. The summed E-state index contributed by atoms with van der Waals surface area (Å²) in [5.41, 5.74) is 0.730. The van der Waals surface area contributed by atoms with Gasteiger partial charge in [-0.1, -0.05) is 20.8 Å². The molecule has 1 atom stereocenters. The smallest absolute Gasteiger partial charge is 0.254 e. The summed E-state index contributed by atoms with van der Waals surface area (Å²) < 4.78 is 27.4. The zero-order valence-corrected chi connectivity index (χ0v) is 11.4. The Balaban J connectivity index is 2.67. The first-order valence-corrected chi connectivity index (χ1v) is 6.67. The van der Waals surface area contributed by atoms with Crippen molar-refractivity contribution in [3.63, 3.8) is 0 Å². The number of aromatic nitrogens is 2. The molecule has 3 nitrogen and oxygen atoms in total. The number of halogens is 2. The molecule has 0 aromatic carbocycles. The monoisotopic (exact) mass is 259 g/mol. The van der Waals surface area contributed by atoms with Crippen molar-refractivity contribution >= 4 is 0 Å². The van der Waals surface area contributed by atoms with Crippen LogP contribution in [0.1, 0.15) is 45.3 Å². The van der Waals surface area contributed by atoms with Crippen LogP contribution in [-0.2, 0) is 6.42 Å². The molecule has 0 amide bonds. The lowest BCUT2D eigenvalue weighted by Crippen LogP contribution is -2.37. The molecular formula is C13H23F2N3. The Morgan fingerprint density at radius 3 is 2.44 bits per heavy atom. The fourth-order valence-corrected chi connectivity index (χ4v) is 2.09. The second-order valence-corrected chi connectivity index (χ2v) is 4.46. The highest BCUT2D eigenvalue weighted by molar-refractivity contribution is 5.02. The minimum absolute atomic E-state index is 0.276. The highest BCUT2D eigenvalue weighted by Gasteiger charge is 2.20. The second-order valence-electron chi connectivity index (χ2n) is 4.46. The van der Waals surface area contributed by atoms with Gasteiger partial charge in [-0.3, -0.25) is 4.68 Å². The molecule has 104 valence electrons. The zero-order valence-electron chi connectivity index (χ0n) is 11.4. The van der Waals surface area contributed by atoms with Gasteiger partial charge in [-0.15, -0.1) is 0 Å². The van der Waals surface area contributed by atoms with Crippen LogP contribution in [0.4, 0.5) is 8.78 Å². The third-order valence-corrected chi connectivity index (χ3v) is 3.18. The topological polar surface area (TPSA) is 29.9 Å². The van der Waals surface area contributed by atoms with Crippen molar-refractivity contribution in [2.24, 2.45) is 0 Å². The van der Waals surface area contributed by atoms with Gasteiger partial charge in [0.1, 0.15) is 0 Å². The predicted molar refractivity (Wildman–Crippen MR) is 69.0 cm³/mol. The van der Waals surface area contributed by atoms with Gasteiger partial charge in [0.05, 0.1) is 17.8 Å². The molecule has 1 rings (SSSR count). The van der Waals surface area contributed by atoms with E-state index in [4.69, 9.17) is 0 Å². The summed E-state index contributed by atoms with van der Waals surface area (Å²) in [6.07, 6.45) is 1.81. The molecule has 0 fully saturated rings. The van der Waals surface area contributed by atoms with Gasteiger partial charge in [-0.2, -0.15) is 5.10 Å². The maximum Gasteiger partial charge on any atom is 0.254 e. The molecule has 18 heavy (non-hydrogen) atoms. The molecule has 0 radical (unpaired) electrons. The van der Waals surface area contributed by atoms with Crippen molar-refractivity contribution in [3.05, 3.63) is 18.0 Å². The van der Waals surface area contributed by atoms with Crippen molar-refractivity contribution in [1.82, 2.24) is 15.1 Å². The van der Waals surface area contributed by atoms with Crippen LogP contribution in [0.15, 0.2) is 12.3 Å². The minimum Gasteiger partial charge on any atom is -0.309 e. The van der Waals surface area contributed by atoms with E-state index >= 15 is 0 Å². The molecule has 1 heterocycles. The third-order valence-electron chi connectivity index (χ3n) is 3.18. The Morgan fingerprint density at radius 2 is 1.94 bits per heavy atom. The molecule has 1 aromatic heterocycles. The lowest BCUT2D eigenvalue weighted by Gasteiger charge is -2.16. The number of likely N-dealkylation sites (N-methyl/N-ethyl adjacent to an activating group) is 1. The van der Waals surface area contributed by atoms with E-state index in [0.717, 1.165) is 18.5 Å². The highest BCUT2D eigenvalue weighted by Crippen LogP contribution is 2.15. The van der Waals surface area contributed by atoms with E-state index < -0.39 is 12.5 Å². The summed E-state index contributed by atoms with van der Waals surface area (Å²) in [7, 11) is 0. The number of nitrogens with zero attached hydrogens (tertiary/aromatic N) is 2. The molecule has 0 bridgehead atoms. The molecule has 0 spiro atoms. The molecule has 5 heteroatoms. The molecule has 0 saturated carbocycles. The summed E-state index contributed by atoms with van der Waals surface area (Å²) in [4.78, 5) is 0. The lowest BCUT2D eigenvalue weighted by molar-refractivity contribution is 0.0985. The maximum absolute atomic E-state index is 12.8. The SMILES string of the molecule is CCNC(Cc1ccn(C(CC)CC)n1)C(F)F. The molecule has 0 aliphatic heterocycles. The molecule has 1 aromatic rings. The van der Waals surface area contributed by atoms with Gasteiger partial charge in [0.15, 0.2) is 0 Å². The van der Waals surface area contributed by atoms with E-state index in [1.165, 1.54) is 0 Å². The van der Waals surface area contributed by atoms with Crippen LogP contribution in [0.25, 0.3) is 0 Å². The molecule has 1 N–H and O–H groups in total.